The van der Waals surface area contributed by atoms with Crippen LogP contribution in [-0.4, -0.2) is 28.1 Å². The van der Waals surface area contributed by atoms with Crippen LogP contribution in [0.2, 0.25) is 0 Å². The topological polar surface area (TPSA) is 46.9 Å². The molecule has 1 amide bonds. The van der Waals surface area contributed by atoms with E-state index in [9.17, 15) is 4.79 Å². The van der Waals surface area contributed by atoms with E-state index in [-0.39, 0.29) is 5.91 Å². The molecule has 0 fully saturated rings. The predicted molar refractivity (Wildman–Crippen MR) is 60.0 cm³/mol. The molecule has 84 valence electrons. The van der Waals surface area contributed by atoms with Crippen LogP contribution in [0.3, 0.4) is 0 Å². The lowest BCUT2D eigenvalue weighted by Crippen LogP contribution is -2.29. The molecule has 5 heteroatoms. The summed E-state index contributed by atoms with van der Waals surface area (Å²) in [6.45, 7) is 2.71. The zero-order valence-corrected chi connectivity index (χ0v) is 9.79. The number of hydrogen-bond donors (Lipinski definition) is 1. The van der Waals surface area contributed by atoms with Crippen LogP contribution in [0, 0.1) is 5.92 Å². The van der Waals surface area contributed by atoms with Crippen molar-refractivity contribution in [2.24, 2.45) is 13.0 Å². The number of halogens is 1. The highest BCUT2D eigenvalue weighted by atomic mass is 35.5. The van der Waals surface area contributed by atoms with Crippen LogP contribution in [-0.2, 0) is 7.05 Å². The lowest BCUT2D eigenvalue weighted by molar-refractivity contribution is 0.0938. The zero-order valence-electron chi connectivity index (χ0n) is 9.03. The molecular weight excluding hydrogens is 214 g/mol. The molecule has 0 aliphatic rings. The van der Waals surface area contributed by atoms with Gasteiger partial charge in [0.25, 0.3) is 5.91 Å². The second kappa shape index (κ2) is 5.75. The van der Waals surface area contributed by atoms with Gasteiger partial charge in [0.1, 0.15) is 5.69 Å². The summed E-state index contributed by atoms with van der Waals surface area (Å²) in [6.07, 6.45) is 2.52. The van der Waals surface area contributed by atoms with Gasteiger partial charge in [-0.05, 0) is 18.4 Å². The smallest absolute Gasteiger partial charge is 0.269 e. The summed E-state index contributed by atoms with van der Waals surface area (Å²) in [4.78, 5) is 11.6. The van der Waals surface area contributed by atoms with Gasteiger partial charge >= 0.3 is 0 Å². The van der Waals surface area contributed by atoms with Crippen molar-refractivity contribution in [3.05, 3.63) is 18.0 Å². The average molecular weight is 230 g/mol. The SMILES string of the molecule is CC(CCCl)CNC(=O)c1ccnn1C. The number of carbonyl (C=O) groups excluding carboxylic acids is 1. The summed E-state index contributed by atoms with van der Waals surface area (Å²) in [7, 11) is 1.75. The Morgan fingerprint density at radius 1 is 1.73 bits per heavy atom. The molecule has 0 aliphatic heterocycles. The van der Waals surface area contributed by atoms with Gasteiger partial charge in [0.15, 0.2) is 0 Å². The van der Waals surface area contributed by atoms with E-state index in [0.717, 1.165) is 6.42 Å². The Bertz CT molecular complexity index is 324. The second-order valence-corrected chi connectivity index (χ2v) is 4.01. The Balaban J connectivity index is 2.40. The molecule has 1 rings (SSSR count). The van der Waals surface area contributed by atoms with E-state index in [2.05, 4.69) is 17.3 Å². The Labute approximate surface area is 94.6 Å². The molecule has 4 nitrogen and oxygen atoms in total. The minimum Gasteiger partial charge on any atom is -0.350 e. The molecule has 1 unspecified atom stereocenters. The van der Waals surface area contributed by atoms with Crippen molar-refractivity contribution >= 4 is 17.5 Å². The predicted octanol–water partition coefficient (Wildman–Crippen LogP) is 1.41. The molecule has 0 aliphatic carbocycles. The fraction of sp³-hybridized carbons (Fsp3) is 0.600. The molecule has 0 radical (unpaired) electrons. The first-order valence-electron chi connectivity index (χ1n) is 4.97. The van der Waals surface area contributed by atoms with Crippen molar-refractivity contribution in [2.45, 2.75) is 13.3 Å². The molecule has 0 saturated carbocycles. The van der Waals surface area contributed by atoms with Gasteiger partial charge < -0.3 is 5.32 Å². The van der Waals surface area contributed by atoms with Crippen LogP contribution in [0.1, 0.15) is 23.8 Å². The van der Waals surface area contributed by atoms with Crippen LogP contribution in [0.15, 0.2) is 12.3 Å². The van der Waals surface area contributed by atoms with Gasteiger partial charge in [-0.15, -0.1) is 11.6 Å². The minimum absolute atomic E-state index is 0.0866. The van der Waals surface area contributed by atoms with Gasteiger partial charge in [0, 0.05) is 25.7 Å². The van der Waals surface area contributed by atoms with E-state index in [1.807, 2.05) is 0 Å². The van der Waals surface area contributed by atoms with Gasteiger partial charge in [-0.25, -0.2) is 0 Å². The lowest BCUT2D eigenvalue weighted by Gasteiger charge is -2.10. The highest BCUT2D eigenvalue weighted by Crippen LogP contribution is 2.02. The van der Waals surface area contributed by atoms with Crippen LogP contribution in [0.25, 0.3) is 0 Å². The standard InChI is InChI=1S/C10H16ClN3O/c1-8(3-5-11)7-12-10(15)9-4-6-13-14(9)2/h4,6,8H,3,5,7H2,1-2H3,(H,12,15). The summed E-state index contributed by atoms with van der Waals surface area (Å²) in [5, 5.41) is 6.79. The molecule has 1 aromatic rings. The minimum atomic E-state index is -0.0866. The van der Waals surface area contributed by atoms with Crippen molar-refractivity contribution in [2.75, 3.05) is 12.4 Å². The van der Waals surface area contributed by atoms with E-state index < -0.39 is 0 Å². The van der Waals surface area contributed by atoms with Crippen molar-refractivity contribution in [1.29, 1.82) is 0 Å². The van der Waals surface area contributed by atoms with Crippen molar-refractivity contribution in [1.82, 2.24) is 15.1 Å². The Hall–Kier alpha value is -1.03. The first-order valence-corrected chi connectivity index (χ1v) is 5.50. The van der Waals surface area contributed by atoms with Crippen molar-refractivity contribution in [3.63, 3.8) is 0 Å². The quantitative estimate of drug-likeness (QED) is 0.777. The summed E-state index contributed by atoms with van der Waals surface area (Å²) in [5.41, 5.74) is 0.577. The summed E-state index contributed by atoms with van der Waals surface area (Å²) >= 11 is 5.61. The maximum atomic E-state index is 11.6. The molecule has 0 saturated heterocycles. The normalized spacial score (nSPS) is 12.5. The monoisotopic (exact) mass is 229 g/mol. The number of amides is 1. The third-order valence-electron chi connectivity index (χ3n) is 2.27. The van der Waals surface area contributed by atoms with E-state index in [0.29, 0.717) is 24.0 Å². The Morgan fingerprint density at radius 3 is 3.00 bits per heavy atom. The highest BCUT2D eigenvalue weighted by Gasteiger charge is 2.10. The molecule has 1 N–H and O–H groups in total. The molecule has 1 heterocycles. The lowest BCUT2D eigenvalue weighted by atomic mass is 10.1. The molecule has 0 spiro atoms. The average Bonchev–Trinajstić information content (AvgIpc) is 2.61. The molecule has 0 bridgehead atoms. The van der Waals surface area contributed by atoms with Gasteiger partial charge in [-0.3, -0.25) is 9.48 Å². The maximum Gasteiger partial charge on any atom is 0.269 e. The summed E-state index contributed by atoms with van der Waals surface area (Å²) < 4.78 is 1.56. The molecule has 0 aromatic carbocycles. The van der Waals surface area contributed by atoms with E-state index in [4.69, 9.17) is 11.6 Å². The second-order valence-electron chi connectivity index (χ2n) is 3.63. The van der Waals surface area contributed by atoms with E-state index >= 15 is 0 Å². The van der Waals surface area contributed by atoms with Gasteiger partial charge in [0.2, 0.25) is 0 Å². The van der Waals surface area contributed by atoms with E-state index in [1.165, 1.54) is 0 Å². The van der Waals surface area contributed by atoms with Crippen LogP contribution in [0.5, 0.6) is 0 Å². The number of nitrogens with zero attached hydrogens (tertiary/aromatic N) is 2. The molecular formula is C10H16ClN3O. The fourth-order valence-corrected chi connectivity index (χ4v) is 1.61. The van der Waals surface area contributed by atoms with Crippen LogP contribution < -0.4 is 5.32 Å². The molecule has 1 atom stereocenters. The number of hydrogen-bond acceptors (Lipinski definition) is 2. The zero-order chi connectivity index (χ0) is 11.3. The highest BCUT2D eigenvalue weighted by molar-refractivity contribution is 6.17. The maximum absolute atomic E-state index is 11.6. The van der Waals surface area contributed by atoms with Gasteiger partial charge in [-0.1, -0.05) is 6.92 Å². The third kappa shape index (κ3) is 3.55. The number of nitrogens with one attached hydrogen (secondary N) is 1. The van der Waals surface area contributed by atoms with Crippen LogP contribution in [0.4, 0.5) is 0 Å². The first kappa shape index (κ1) is 12.0. The van der Waals surface area contributed by atoms with Gasteiger partial charge in [0.05, 0.1) is 0 Å². The first-order chi connectivity index (χ1) is 7.15. The number of aryl methyl sites for hydroxylation is 1. The van der Waals surface area contributed by atoms with Crippen LogP contribution >= 0.6 is 11.6 Å². The fourth-order valence-electron chi connectivity index (χ4n) is 1.24. The number of carbonyl (C=O) groups is 1. The molecule has 15 heavy (non-hydrogen) atoms. The Morgan fingerprint density at radius 2 is 2.47 bits per heavy atom. The summed E-state index contributed by atoms with van der Waals surface area (Å²) in [6, 6.07) is 1.70. The van der Waals surface area contributed by atoms with Crippen molar-refractivity contribution < 1.29 is 4.79 Å². The largest absolute Gasteiger partial charge is 0.350 e. The number of aromatic nitrogens is 2. The summed E-state index contributed by atoms with van der Waals surface area (Å²) in [5.74, 6) is 0.944. The Kier molecular flexibility index (Phi) is 4.62. The molecule has 1 aromatic heterocycles. The van der Waals surface area contributed by atoms with Gasteiger partial charge in [-0.2, -0.15) is 5.10 Å². The van der Waals surface area contributed by atoms with Crippen molar-refractivity contribution in [3.8, 4) is 0 Å². The number of alkyl halides is 1. The third-order valence-corrected chi connectivity index (χ3v) is 2.48. The number of rotatable bonds is 5. The van der Waals surface area contributed by atoms with E-state index in [1.54, 1.807) is 24.0 Å².